The fourth-order valence-electron chi connectivity index (χ4n) is 1.66. The number of aryl methyl sites for hydroxylation is 1. The normalized spacial score (nSPS) is 10.9. The predicted octanol–water partition coefficient (Wildman–Crippen LogP) is 3.03. The van der Waals surface area contributed by atoms with Crippen LogP contribution in [0.1, 0.15) is 16.1 Å². The SMILES string of the molecule is Cc1c(C(=O)O)n(SI)c2cncc(F)c12. The average Bonchev–Trinajstić information content (AvgIpc) is 2.52. The van der Waals surface area contributed by atoms with E-state index in [-0.39, 0.29) is 5.69 Å². The van der Waals surface area contributed by atoms with Gasteiger partial charge in [0.25, 0.3) is 0 Å². The molecule has 2 aromatic heterocycles. The van der Waals surface area contributed by atoms with Gasteiger partial charge >= 0.3 is 5.97 Å². The Balaban J connectivity index is 2.96. The third kappa shape index (κ3) is 1.58. The Morgan fingerprint density at radius 3 is 2.88 bits per heavy atom. The van der Waals surface area contributed by atoms with Crippen molar-refractivity contribution in [3.63, 3.8) is 0 Å². The highest BCUT2D eigenvalue weighted by molar-refractivity contribution is 14.2. The van der Waals surface area contributed by atoms with Crippen LogP contribution in [0.15, 0.2) is 12.4 Å². The molecule has 7 heteroatoms. The number of aromatic nitrogens is 2. The third-order valence-corrected chi connectivity index (χ3v) is 4.00. The maximum Gasteiger partial charge on any atom is 0.353 e. The fourth-order valence-corrected chi connectivity index (χ4v) is 3.38. The van der Waals surface area contributed by atoms with Crippen molar-refractivity contribution >= 4 is 47.2 Å². The van der Waals surface area contributed by atoms with Gasteiger partial charge in [-0.05, 0) is 12.5 Å². The molecule has 0 spiro atoms. The predicted molar refractivity (Wildman–Crippen MR) is 68.4 cm³/mol. The Morgan fingerprint density at radius 2 is 2.31 bits per heavy atom. The van der Waals surface area contributed by atoms with Gasteiger partial charge < -0.3 is 5.11 Å². The van der Waals surface area contributed by atoms with Gasteiger partial charge in [0.1, 0.15) is 5.69 Å². The summed E-state index contributed by atoms with van der Waals surface area (Å²) in [4.78, 5) is 14.8. The summed E-state index contributed by atoms with van der Waals surface area (Å²) in [5.41, 5.74) is 0.988. The lowest BCUT2D eigenvalue weighted by Gasteiger charge is -2.00. The quantitative estimate of drug-likeness (QED) is 0.845. The van der Waals surface area contributed by atoms with Crippen molar-refractivity contribution < 1.29 is 14.3 Å². The largest absolute Gasteiger partial charge is 0.477 e. The summed E-state index contributed by atoms with van der Waals surface area (Å²) < 4.78 is 15.0. The zero-order valence-electron chi connectivity index (χ0n) is 8.07. The van der Waals surface area contributed by atoms with Crippen molar-refractivity contribution in [3.8, 4) is 0 Å². The molecular weight excluding hydrogens is 346 g/mol. The van der Waals surface area contributed by atoms with Crippen LogP contribution < -0.4 is 0 Å². The van der Waals surface area contributed by atoms with Crippen molar-refractivity contribution in [1.29, 1.82) is 0 Å². The van der Waals surface area contributed by atoms with Crippen LogP contribution in [-0.4, -0.2) is 20.0 Å². The van der Waals surface area contributed by atoms with Gasteiger partial charge in [0, 0.05) is 35.7 Å². The summed E-state index contributed by atoms with van der Waals surface area (Å²) in [5.74, 6) is -1.57. The monoisotopic (exact) mass is 352 g/mol. The molecule has 0 aliphatic carbocycles. The lowest BCUT2D eigenvalue weighted by Crippen LogP contribution is -2.03. The number of fused-ring (bicyclic) bond motifs is 1. The molecule has 2 rings (SSSR count). The van der Waals surface area contributed by atoms with Crippen LogP contribution in [0, 0.1) is 12.7 Å². The molecule has 0 aromatic carbocycles. The zero-order valence-corrected chi connectivity index (χ0v) is 11.0. The van der Waals surface area contributed by atoms with E-state index in [1.54, 1.807) is 6.92 Å². The van der Waals surface area contributed by atoms with Gasteiger partial charge in [0.05, 0.1) is 17.9 Å². The van der Waals surface area contributed by atoms with E-state index >= 15 is 0 Å². The number of aromatic carboxylic acids is 1. The highest BCUT2D eigenvalue weighted by atomic mass is 127. The van der Waals surface area contributed by atoms with Crippen molar-refractivity contribution in [2.45, 2.75) is 6.92 Å². The average molecular weight is 352 g/mol. The molecule has 0 atom stereocenters. The minimum absolute atomic E-state index is 0.0845. The Bertz CT molecular complexity index is 584. The molecule has 0 bridgehead atoms. The van der Waals surface area contributed by atoms with E-state index in [4.69, 9.17) is 5.11 Å². The van der Waals surface area contributed by atoms with E-state index < -0.39 is 11.8 Å². The minimum atomic E-state index is -1.07. The second kappa shape index (κ2) is 4.21. The number of pyridine rings is 1. The van der Waals surface area contributed by atoms with Gasteiger partial charge in [-0.15, -0.1) is 0 Å². The number of rotatable bonds is 2. The zero-order chi connectivity index (χ0) is 11.9. The highest BCUT2D eigenvalue weighted by Gasteiger charge is 2.22. The van der Waals surface area contributed by atoms with Gasteiger partial charge in [0.15, 0.2) is 5.82 Å². The van der Waals surface area contributed by atoms with Gasteiger partial charge in [-0.2, -0.15) is 0 Å². The lowest BCUT2D eigenvalue weighted by molar-refractivity contribution is 0.0689. The number of carbonyl (C=O) groups is 1. The number of hydrogen-bond donors (Lipinski definition) is 1. The van der Waals surface area contributed by atoms with Crippen molar-refractivity contribution in [2.24, 2.45) is 0 Å². The first-order valence-corrected chi connectivity index (χ1v) is 7.56. The first kappa shape index (κ1) is 11.6. The summed E-state index contributed by atoms with van der Waals surface area (Å²) in [5, 5.41) is 9.41. The second-order valence-corrected chi connectivity index (χ2v) is 4.84. The number of halogens is 2. The molecule has 0 saturated carbocycles. The van der Waals surface area contributed by atoms with Gasteiger partial charge in [-0.25, -0.2) is 9.18 Å². The maximum atomic E-state index is 13.6. The molecule has 0 aliphatic heterocycles. The molecule has 2 heterocycles. The Hall–Kier alpha value is -0.830. The fraction of sp³-hybridized carbons (Fsp3) is 0.111. The van der Waals surface area contributed by atoms with E-state index in [0.29, 0.717) is 16.5 Å². The van der Waals surface area contributed by atoms with E-state index in [9.17, 15) is 9.18 Å². The summed E-state index contributed by atoms with van der Waals surface area (Å²) in [6.07, 6.45) is 2.55. The van der Waals surface area contributed by atoms with Crippen molar-refractivity contribution in [2.75, 3.05) is 0 Å². The van der Waals surface area contributed by atoms with Crippen LogP contribution in [-0.2, 0) is 0 Å². The number of carboxylic acids is 1. The van der Waals surface area contributed by atoms with E-state index in [1.807, 2.05) is 21.2 Å². The minimum Gasteiger partial charge on any atom is -0.477 e. The molecule has 0 unspecified atom stereocenters. The molecule has 0 amide bonds. The summed E-state index contributed by atoms with van der Waals surface area (Å²) in [6.45, 7) is 1.60. The summed E-state index contributed by atoms with van der Waals surface area (Å²) in [6, 6.07) is 0. The number of nitrogens with zero attached hydrogens (tertiary/aromatic N) is 2. The van der Waals surface area contributed by atoms with Crippen molar-refractivity contribution in [1.82, 2.24) is 8.96 Å². The topological polar surface area (TPSA) is 55.1 Å². The van der Waals surface area contributed by atoms with Crippen LogP contribution in [0.4, 0.5) is 4.39 Å². The van der Waals surface area contributed by atoms with E-state index in [1.165, 1.54) is 19.3 Å². The second-order valence-electron chi connectivity index (χ2n) is 3.16. The molecule has 4 nitrogen and oxygen atoms in total. The Labute approximate surface area is 107 Å². The molecule has 0 aliphatic rings. The van der Waals surface area contributed by atoms with Gasteiger partial charge in [0.2, 0.25) is 0 Å². The van der Waals surface area contributed by atoms with Crippen LogP contribution in [0.25, 0.3) is 10.9 Å². The molecule has 0 saturated heterocycles. The smallest absolute Gasteiger partial charge is 0.353 e. The molecule has 1 N–H and O–H groups in total. The standard InChI is InChI=1S/C9H6FIN2O2S/c1-4-7-5(10)2-12-3-6(7)13(16-11)8(4)9(14)15/h2-3H,1H3,(H,14,15). The first-order chi connectivity index (χ1) is 7.57. The summed E-state index contributed by atoms with van der Waals surface area (Å²) in [7, 11) is 1.18. The molecule has 0 fully saturated rings. The molecule has 2 aromatic rings. The Kier molecular flexibility index (Phi) is 3.06. The maximum absolute atomic E-state index is 13.6. The van der Waals surface area contributed by atoms with E-state index in [0.717, 1.165) is 6.20 Å². The Morgan fingerprint density at radius 1 is 1.62 bits per heavy atom. The van der Waals surface area contributed by atoms with Crippen LogP contribution in [0.3, 0.4) is 0 Å². The molecule has 0 radical (unpaired) electrons. The highest BCUT2D eigenvalue weighted by Crippen LogP contribution is 2.33. The molecule has 16 heavy (non-hydrogen) atoms. The van der Waals surface area contributed by atoms with Crippen LogP contribution in [0.2, 0.25) is 0 Å². The molecular formula is C9H6FIN2O2S. The lowest BCUT2D eigenvalue weighted by atomic mass is 10.2. The first-order valence-electron chi connectivity index (χ1n) is 4.24. The number of carboxylic acid groups (broad SMARTS) is 1. The van der Waals surface area contributed by atoms with E-state index in [2.05, 4.69) is 4.98 Å². The van der Waals surface area contributed by atoms with Crippen molar-refractivity contribution in [3.05, 3.63) is 29.5 Å². The van der Waals surface area contributed by atoms with Gasteiger partial charge in [-0.3, -0.25) is 8.96 Å². The van der Waals surface area contributed by atoms with Crippen LogP contribution >= 0.6 is 30.3 Å². The summed E-state index contributed by atoms with van der Waals surface area (Å²) >= 11 is 1.95. The molecule has 84 valence electrons. The third-order valence-electron chi connectivity index (χ3n) is 2.30. The van der Waals surface area contributed by atoms with Crippen LogP contribution in [0.5, 0.6) is 0 Å². The number of hydrogen-bond acceptors (Lipinski definition) is 3. The van der Waals surface area contributed by atoms with Gasteiger partial charge in [-0.1, -0.05) is 0 Å².